The predicted molar refractivity (Wildman–Crippen MR) is 205 cm³/mol. The molecule has 0 aliphatic carbocycles. The van der Waals surface area contributed by atoms with Gasteiger partial charge in [-0.3, -0.25) is 0 Å². The summed E-state index contributed by atoms with van der Waals surface area (Å²) in [5.74, 6) is 2.64. The average molecular weight is 671 g/mol. The van der Waals surface area contributed by atoms with Gasteiger partial charge in [0.1, 0.15) is 11.6 Å². The predicted octanol–water partition coefficient (Wildman–Crippen LogP) is 15.2. The number of benzene rings is 2. The second kappa shape index (κ2) is 23.9. The molecule has 0 unspecified atom stereocenters. The Kier molecular flexibility index (Phi) is 21.3. The first-order chi connectivity index (χ1) is 22.5. The molecule has 268 valence electrons. The lowest BCUT2D eigenvalue weighted by Gasteiger charge is -2.16. The van der Waals surface area contributed by atoms with Gasteiger partial charge in [0.25, 0.3) is 0 Å². The molecule has 0 saturated carbocycles. The van der Waals surface area contributed by atoms with Crippen molar-refractivity contribution in [3.8, 4) is 0 Å². The Bertz CT molecular complexity index is 1030. The van der Waals surface area contributed by atoms with Gasteiger partial charge in [0.05, 0.1) is 0 Å². The molecule has 0 saturated heterocycles. The van der Waals surface area contributed by atoms with Crippen LogP contribution in [0.2, 0.25) is 0 Å². The number of hydrogen-bond donors (Lipinski definition) is 0. The summed E-state index contributed by atoms with van der Waals surface area (Å²) in [4.78, 5) is 1.22. The zero-order valence-corrected chi connectivity index (χ0v) is 32.7. The minimum atomic E-state index is -0.129. The molecule has 0 heterocycles. The Hall–Kier alpha value is -1.35. The molecule has 0 N–H and O–H groups in total. The van der Waals surface area contributed by atoms with Crippen LogP contribution < -0.4 is 0 Å². The molecule has 2 aromatic carbocycles. The van der Waals surface area contributed by atoms with Crippen LogP contribution in [0.15, 0.2) is 34.1 Å². The van der Waals surface area contributed by atoms with Crippen molar-refractivity contribution in [3.05, 3.63) is 58.2 Å². The van der Waals surface area contributed by atoms with Crippen LogP contribution in [0.25, 0.3) is 0 Å². The lowest BCUT2D eigenvalue weighted by Crippen LogP contribution is -2.01. The molecular weight excluding hydrogens is 599 g/mol. The minimum absolute atomic E-state index is 0.129. The molecule has 0 fully saturated rings. The molecular formula is C44H72F2S. The Balaban J connectivity index is 2.30. The Morgan fingerprint density at radius 3 is 1.00 bits per heavy atom. The Labute approximate surface area is 295 Å². The highest BCUT2D eigenvalue weighted by atomic mass is 32.2. The van der Waals surface area contributed by atoms with E-state index in [1.54, 1.807) is 0 Å². The zero-order valence-electron chi connectivity index (χ0n) is 31.9. The summed E-state index contributed by atoms with van der Waals surface area (Å²) in [6.07, 6.45) is 22.3. The van der Waals surface area contributed by atoms with E-state index in [-0.39, 0.29) is 11.6 Å². The third-order valence-corrected chi connectivity index (χ3v) is 10.6. The van der Waals surface area contributed by atoms with Crippen molar-refractivity contribution in [2.45, 2.75) is 194 Å². The molecule has 3 heteroatoms. The fraction of sp³-hybridized carbons (Fsp3) is 0.727. The Morgan fingerprint density at radius 2 is 0.702 bits per heavy atom. The highest BCUT2D eigenvalue weighted by Gasteiger charge is 2.18. The third-order valence-electron chi connectivity index (χ3n) is 9.52. The first-order valence-electron chi connectivity index (χ1n) is 19.8. The molecule has 0 spiro atoms. The second-order valence-electron chi connectivity index (χ2n) is 16.2. The molecule has 0 radical (unpaired) electrons. The van der Waals surface area contributed by atoms with Crippen molar-refractivity contribution in [2.24, 2.45) is 23.7 Å². The van der Waals surface area contributed by atoms with Gasteiger partial charge < -0.3 is 0 Å². The molecule has 0 amide bonds. The van der Waals surface area contributed by atoms with Crippen LogP contribution >= 0.6 is 11.8 Å². The number of aryl methyl sites for hydroxylation is 4. The summed E-state index contributed by atoms with van der Waals surface area (Å²) < 4.78 is 32.4. The molecule has 0 atom stereocenters. The lowest BCUT2D eigenvalue weighted by molar-refractivity contribution is 0.519. The first kappa shape index (κ1) is 41.8. The summed E-state index contributed by atoms with van der Waals surface area (Å²) in [5.41, 5.74) is 4.07. The van der Waals surface area contributed by atoms with Crippen molar-refractivity contribution in [3.63, 3.8) is 0 Å². The second-order valence-corrected chi connectivity index (χ2v) is 17.3. The maximum absolute atomic E-state index is 16.2. The van der Waals surface area contributed by atoms with Crippen LogP contribution in [0.1, 0.15) is 180 Å². The monoisotopic (exact) mass is 671 g/mol. The van der Waals surface area contributed by atoms with Gasteiger partial charge in [0, 0.05) is 9.79 Å². The highest BCUT2D eigenvalue weighted by molar-refractivity contribution is 7.99. The number of halogens is 2. The first-order valence-corrected chi connectivity index (χ1v) is 20.6. The maximum atomic E-state index is 16.2. The standard InChI is InChI=1S/C44H72F2S/c1-33(2)21-13-9-17-25-37-29-39(27-19-11-15-23-35(5)6)43(45)41(31-37)47-42-32-38(26-18-10-14-22-34(3)4)30-40(44(42)46)28-20-12-16-24-36(7)8/h29-36H,9-28H2,1-8H3. The molecule has 0 aliphatic rings. The van der Waals surface area contributed by atoms with Crippen LogP contribution in [-0.2, 0) is 25.7 Å². The van der Waals surface area contributed by atoms with Gasteiger partial charge in [-0.15, -0.1) is 0 Å². The van der Waals surface area contributed by atoms with E-state index in [2.05, 4.69) is 67.5 Å². The van der Waals surface area contributed by atoms with Crippen LogP contribution in [0.5, 0.6) is 0 Å². The van der Waals surface area contributed by atoms with Gasteiger partial charge in [-0.1, -0.05) is 156 Å². The number of unbranched alkanes of at least 4 members (excludes halogenated alkanes) is 8. The van der Waals surface area contributed by atoms with Crippen molar-refractivity contribution >= 4 is 11.8 Å². The Morgan fingerprint density at radius 1 is 0.404 bits per heavy atom. The van der Waals surface area contributed by atoms with E-state index in [9.17, 15) is 0 Å². The normalized spacial score (nSPS) is 12.0. The van der Waals surface area contributed by atoms with E-state index in [1.807, 2.05) is 12.1 Å². The summed E-state index contributed by atoms with van der Waals surface area (Å²) in [6, 6.07) is 8.32. The van der Waals surface area contributed by atoms with Crippen molar-refractivity contribution in [1.29, 1.82) is 0 Å². The minimum Gasteiger partial charge on any atom is -0.205 e. The van der Waals surface area contributed by atoms with E-state index in [4.69, 9.17) is 0 Å². The van der Waals surface area contributed by atoms with Crippen LogP contribution in [-0.4, -0.2) is 0 Å². The van der Waals surface area contributed by atoms with E-state index < -0.39 is 0 Å². The molecule has 0 aromatic heterocycles. The van der Waals surface area contributed by atoms with Crippen LogP contribution in [0, 0.1) is 35.3 Å². The topological polar surface area (TPSA) is 0 Å². The molecule has 0 bridgehead atoms. The fourth-order valence-electron chi connectivity index (χ4n) is 6.56. The van der Waals surface area contributed by atoms with Gasteiger partial charge in [-0.25, -0.2) is 8.78 Å². The SMILES string of the molecule is CC(C)CCCCCc1cc(CCCCCC(C)C)c(F)c(Sc2cc(CCCCCC(C)C)cc(CCCCCC(C)C)c2F)c1. The zero-order chi connectivity index (χ0) is 34.6. The highest BCUT2D eigenvalue weighted by Crippen LogP contribution is 2.37. The lowest BCUT2D eigenvalue weighted by atomic mass is 9.98. The van der Waals surface area contributed by atoms with Gasteiger partial charge >= 0.3 is 0 Å². The van der Waals surface area contributed by atoms with Gasteiger partial charge in [0.15, 0.2) is 0 Å². The maximum Gasteiger partial charge on any atom is 0.140 e. The molecule has 0 aliphatic heterocycles. The van der Waals surface area contributed by atoms with Crippen molar-refractivity contribution in [2.75, 3.05) is 0 Å². The summed E-state index contributed by atoms with van der Waals surface area (Å²) in [5, 5.41) is 0. The summed E-state index contributed by atoms with van der Waals surface area (Å²) in [7, 11) is 0. The van der Waals surface area contributed by atoms with Gasteiger partial charge in [0.2, 0.25) is 0 Å². The third kappa shape index (κ3) is 18.3. The molecule has 0 nitrogen and oxygen atoms in total. The number of rotatable bonds is 26. The van der Waals surface area contributed by atoms with Crippen molar-refractivity contribution in [1.82, 2.24) is 0 Å². The average Bonchev–Trinajstić information content (AvgIpc) is 2.99. The number of hydrogen-bond acceptors (Lipinski definition) is 1. The van der Waals surface area contributed by atoms with Crippen LogP contribution in [0.3, 0.4) is 0 Å². The quantitative estimate of drug-likeness (QED) is 0.0898. The van der Waals surface area contributed by atoms with Crippen molar-refractivity contribution < 1.29 is 8.78 Å². The van der Waals surface area contributed by atoms with Gasteiger partial charge in [-0.2, -0.15) is 0 Å². The molecule has 47 heavy (non-hydrogen) atoms. The molecule has 2 rings (SSSR count). The molecule has 2 aromatic rings. The summed E-state index contributed by atoms with van der Waals surface area (Å²) in [6.45, 7) is 18.2. The van der Waals surface area contributed by atoms with Crippen LogP contribution in [0.4, 0.5) is 8.78 Å². The largest absolute Gasteiger partial charge is 0.205 e. The van der Waals surface area contributed by atoms with E-state index >= 15 is 8.78 Å². The van der Waals surface area contributed by atoms with E-state index in [0.29, 0.717) is 21.6 Å². The fourth-order valence-corrected chi connectivity index (χ4v) is 7.66. The van der Waals surface area contributed by atoms with E-state index in [0.717, 1.165) is 87.2 Å². The van der Waals surface area contributed by atoms with E-state index in [1.165, 1.54) is 87.1 Å². The smallest absolute Gasteiger partial charge is 0.140 e. The van der Waals surface area contributed by atoms with Gasteiger partial charge in [-0.05, 0) is 109 Å². The summed E-state index contributed by atoms with van der Waals surface area (Å²) >= 11 is 1.34.